The van der Waals surface area contributed by atoms with Crippen molar-refractivity contribution in [1.82, 2.24) is 14.0 Å². The van der Waals surface area contributed by atoms with Crippen molar-refractivity contribution in [1.29, 1.82) is 0 Å². The van der Waals surface area contributed by atoms with Gasteiger partial charge >= 0.3 is 6.09 Å². The molecule has 7 rings (SSSR count). The monoisotopic (exact) mass is 669 g/mol. The summed E-state index contributed by atoms with van der Waals surface area (Å²) < 4.78 is 23.1. The van der Waals surface area contributed by atoms with Crippen molar-refractivity contribution in [3.8, 4) is 16.9 Å². The van der Waals surface area contributed by atoms with Crippen molar-refractivity contribution in [3.63, 3.8) is 0 Å². The molecule has 0 unspecified atom stereocenters. The summed E-state index contributed by atoms with van der Waals surface area (Å²) >= 11 is 0. The minimum atomic E-state index is -1.25. The zero-order valence-corrected chi connectivity index (χ0v) is 27.9. The van der Waals surface area contributed by atoms with E-state index in [1.807, 2.05) is 39.5 Å². The van der Waals surface area contributed by atoms with Crippen molar-refractivity contribution in [2.24, 2.45) is 4.99 Å². The van der Waals surface area contributed by atoms with Gasteiger partial charge in [-0.25, -0.2) is 9.18 Å². The molecule has 1 aliphatic rings. The average Bonchev–Trinajstić information content (AvgIpc) is 3.43. The van der Waals surface area contributed by atoms with Gasteiger partial charge in [-0.2, -0.15) is 0 Å². The first-order valence-corrected chi connectivity index (χ1v) is 17.1. The fraction of sp³-hybridized carbons (Fsp3) is 0.220. The Bertz CT molecular complexity index is 2130. The van der Waals surface area contributed by atoms with Crippen molar-refractivity contribution in [2.45, 2.75) is 26.1 Å². The first kappa shape index (κ1) is 32.9. The predicted molar refractivity (Wildman–Crippen MR) is 195 cm³/mol. The highest BCUT2D eigenvalue weighted by atomic mass is 19.1. The standard InChI is InChI=1S/C41H40FN5O3/c42-34-19-21-35(22-20-34)50-28-10-23-46-38-17-8-9-18-39(38)47(40(46)43-41(48)49)30-33-14-5-7-16-37(33)45-26-24-44(25-27-45)29-32-13-4-6-15-36(32)31-11-2-1-3-12-31/h1-9,11-22H,10,23-30H2,(H,48,49). The summed E-state index contributed by atoms with van der Waals surface area (Å²) in [6.07, 6.45) is -0.641. The maximum atomic E-state index is 13.3. The van der Waals surface area contributed by atoms with Gasteiger partial charge in [-0.1, -0.05) is 84.9 Å². The fourth-order valence-corrected chi connectivity index (χ4v) is 6.88. The molecule has 0 radical (unpaired) electrons. The number of benzene rings is 5. The number of fused-ring (bicyclic) bond motifs is 1. The van der Waals surface area contributed by atoms with E-state index in [0.717, 1.165) is 55.0 Å². The van der Waals surface area contributed by atoms with Gasteiger partial charge in [0.1, 0.15) is 11.6 Å². The number of amides is 1. The maximum absolute atomic E-state index is 13.3. The second-order valence-electron chi connectivity index (χ2n) is 12.5. The molecule has 2 heterocycles. The molecule has 1 saturated heterocycles. The second kappa shape index (κ2) is 15.3. The molecule has 1 fully saturated rings. The lowest BCUT2D eigenvalue weighted by atomic mass is 9.99. The molecule has 1 amide bonds. The number of imidazole rings is 1. The van der Waals surface area contributed by atoms with Crippen LogP contribution in [0.1, 0.15) is 17.5 Å². The summed E-state index contributed by atoms with van der Waals surface area (Å²) in [6.45, 7) is 5.88. The topological polar surface area (TPSA) is 75.2 Å². The number of rotatable bonds is 11. The largest absolute Gasteiger partial charge is 0.494 e. The number of halogens is 1. The number of aromatic nitrogens is 2. The van der Waals surface area contributed by atoms with Gasteiger partial charge < -0.3 is 23.9 Å². The van der Waals surface area contributed by atoms with E-state index >= 15 is 0 Å². The van der Waals surface area contributed by atoms with Gasteiger partial charge in [0, 0.05) is 45.0 Å². The van der Waals surface area contributed by atoms with Crippen LogP contribution in [0.5, 0.6) is 5.75 Å². The molecule has 9 heteroatoms. The number of carboxylic acid groups (broad SMARTS) is 1. The van der Waals surface area contributed by atoms with Gasteiger partial charge in [0.05, 0.1) is 24.2 Å². The Morgan fingerprint density at radius 1 is 0.700 bits per heavy atom. The van der Waals surface area contributed by atoms with E-state index in [0.29, 0.717) is 37.5 Å². The summed E-state index contributed by atoms with van der Waals surface area (Å²) in [5.41, 5.74) is 8.27. The van der Waals surface area contributed by atoms with E-state index in [4.69, 9.17) is 4.74 Å². The maximum Gasteiger partial charge on any atom is 0.434 e. The van der Waals surface area contributed by atoms with Crippen LogP contribution in [0.3, 0.4) is 0 Å². The van der Waals surface area contributed by atoms with E-state index < -0.39 is 6.09 Å². The quantitative estimate of drug-likeness (QED) is 0.143. The molecule has 1 aliphatic heterocycles. The highest BCUT2D eigenvalue weighted by Gasteiger charge is 2.21. The van der Waals surface area contributed by atoms with Crippen molar-refractivity contribution < 1.29 is 19.0 Å². The van der Waals surface area contributed by atoms with Gasteiger partial charge in [-0.15, -0.1) is 4.99 Å². The minimum absolute atomic E-state index is 0.315. The average molecular weight is 670 g/mol. The molecule has 0 bridgehead atoms. The molecule has 0 atom stereocenters. The predicted octanol–water partition coefficient (Wildman–Crippen LogP) is 7.67. The number of anilines is 1. The van der Waals surface area contributed by atoms with Gasteiger partial charge in [-0.05, 0) is 71.1 Å². The number of para-hydroxylation sites is 3. The third-order valence-corrected chi connectivity index (χ3v) is 9.28. The highest BCUT2D eigenvalue weighted by molar-refractivity contribution is 5.77. The molecular formula is C41H40FN5O3. The summed E-state index contributed by atoms with van der Waals surface area (Å²) in [5, 5.41) is 9.86. The number of piperazine rings is 1. The SMILES string of the molecule is O=C(O)N=c1n(CCCOc2ccc(F)cc2)c2ccccc2n1Cc1ccccc1N1CCN(Cc2ccccc2-c2ccccc2)CC1. The highest BCUT2D eigenvalue weighted by Crippen LogP contribution is 2.27. The third-order valence-electron chi connectivity index (χ3n) is 9.28. The number of hydrogen-bond donors (Lipinski definition) is 1. The van der Waals surface area contributed by atoms with Crippen LogP contribution in [0.25, 0.3) is 22.2 Å². The zero-order chi connectivity index (χ0) is 34.3. The smallest absolute Gasteiger partial charge is 0.434 e. The number of nitrogens with zero attached hydrogens (tertiary/aromatic N) is 5. The van der Waals surface area contributed by atoms with E-state index in [2.05, 4.69) is 87.6 Å². The fourth-order valence-electron chi connectivity index (χ4n) is 6.88. The Balaban J connectivity index is 1.09. The lowest BCUT2D eigenvalue weighted by molar-refractivity contribution is 0.204. The van der Waals surface area contributed by atoms with Crippen molar-refractivity contribution in [3.05, 3.63) is 150 Å². The molecule has 0 spiro atoms. The van der Waals surface area contributed by atoms with Crippen LogP contribution in [-0.4, -0.2) is 58.0 Å². The Kier molecular flexibility index (Phi) is 10.0. The Hall–Kier alpha value is -5.67. The van der Waals surface area contributed by atoms with Gasteiger partial charge in [0.2, 0.25) is 5.62 Å². The van der Waals surface area contributed by atoms with Crippen LogP contribution in [0.15, 0.2) is 132 Å². The van der Waals surface area contributed by atoms with Gasteiger partial charge in [0.25, 0.3) is 0 Å². The lowest BCUT2D eigenvalue weighted by Crippen LogP contribution is -2.46. The summed E-state index contributed by atoms with van der Waals surface area (Å²) in [4.78, 5) is 21.1. The first-order chi connectivity index (χ1) is 24.5. The van der Waals surface area contributed by atoms with Crippen molar-refractivity contribution in [2.75, 3.05) is 37.7 Å². The third kappa shape index (κ3) is 7.48. The van der Waals surface area contributed by atoms with E-state index in [1.165, 1.54) is 28.8 Å². The normalized spacial score (nSPS) is 13.9. The molecule has 254 valence electrons. The summed E-state index contributed by atoms with van der Waals surface area (Å²) in [5.74, 6) is 0.272. The van der Waals surface area contributed by atoms with Crippen LogP contribution < -0.4 is 15.3 Å². The molecule has 1 N–H and O–H groups in total. The van der Waals surface area contributed by atoms with Gasteiger partial charge in [-0.3, -0.25) is 4.90 Å². The van der Waals surface area contributed by atoms with Crippen LogP contribution in [-0.2, 0) is 19.6 Å². The zero-order valence-electron chi connectivity index (χ0n) is 27.9. The van der Waals surface area contributed by atoms with Crippen LogP contribution in [0.4, 0.5) is 14.9 Å². The van der Waals surface area contributed by atoms with Crippen LogP contribution >= 0.6 is 0 Å². The molecule has 8 nitrogen and oxygen atoms in total. The van der Waals surface area contributed by atoms with Gasteiger partial charge in [0.15, 0.2) is 0 Å². The number of hydrogen-bond acceptors (Lipinski definition) is 4. The molecule has 6 aromatic rings. The summed E-state index contributed by atoms with van der Waals surface area (Å²) in [6, 6.07) is 41.5. The summed E-state index contributed by atoms with van der Waals surface area (Å²) in [7, 11) is 0. The lowest BCUT2D eigenvalue weighted by Gasteiger charge is -2.37. The van der Waals surface area contributed by atoms with Crippen LogP contribution in [0, 0.1) is 5.82 Å². The Labute approximate surface area is 290 Å². The molecule has 5 aromatic carbocycles. The van der Waals surface area contributed by atoms with E-state index in [9.17, 15) is 14.3 Å². The van der Waals surface area contributed by atoms with Crippen molar-refractivity contribution >= 4 is 22.8 Å². The molecular weight excluding hydrogens is 629 g/mol. The van der Waals surface area contributed by atoms with E-state index in [-0.39, 0.29) is 5.82 Å². The molecule has 50 heavy (non-hydrogen) atoms. The minimum Gasteiger partial charge on any atom is -0.494 e. The molecule has 0 aliphatic carbocycles. The Morgan fingerprint density at radius 3 is 2.08 bits per heavy atom. The first-order valence-electron chi connectivity index (χ1n) is 17.1. The Morgan fingerprint density at radius 2 is 1.34 bits per heavy atom. The van der Waals surface area contributed by atoms with Crippen LogP contribution in [0.2, 0.25) is 0 Å². The number of aryl methyl sites for hydroxylation is 1. The molecule has 1 aromatic heterocycles. The second-order valence-corrected chi connectivity index (χ2v) is 12.5. The van der Waals surface area contributed by atoms with E-state index in [1.54, 1.807) is 12.1 Å². The molecule has 0 saturated carbocycles. The number of ether oxygens (including phenoxy) is 1. The number of carbonyl (C=O) groups is 1.